The predicted molar refractivity (Wildman–Crippen MR) is 80.4 cm³/mol. The minimum Gasteiger partial charge on any atom is -0.290 e. The Balaban J connectivity index is 1.84. The van der Waals surface area contributed by atoms with Crippen LogP contribution in [0.5, 0.6) is 0 Å². The molecule has 20 heavy (non-hydrogen) atoms. The molecule has 1 N–H and O–H groups in total. The molecule has 0 aromatic carbocycles. The molecule has 2 aromatic heterocycles. The van der Waals surface area contributed by atoms with Crippen molar-refractivity contribution in [3.8, 4) is 0 Å². The smallest absolute Gasteiger partial charge is 0.259 e. The first-order chi connectivity index (χ1) is 9.63. The summed E-state index contributed by atoms with van der Waals surface area (Å²) >= 11 is 1.70. The third kappa shape index (κ3) is 2.58. The van der Waals surface area contributed by atoms with E-state index in [0.29, 0.717) is 5.95 Å². The first kappa shape index (κ1) is 13.2. The molecule has 1 amide bonds. The van der Waals surface area contributed by atoms with Crippen LogP contribution in [0, 0.1) is 13.8 Å². The van der Waals surface area contributed by atoms with Gasteiger partial charge in [0.2, 0.25) is 5.95 Å². The number of thiophene rings is 1. The molecule has 2 aromatic rings. The van der Waals surface area contributed by atoms with Crippen LogP contribution in [0.3, 0.4) is 0 Å². The van der Waals surface area contributed by atoms with Gasteiger partial charge in [0.05, 0.1) is 5.56 Å². The lowest BCUT2D eigenvalue weighted by atomic mass is 9.96. The van der Waals surface area contributed by atoms with Crippen molar-refractivity contribution in [3.63, 3.8) is 0 Å². The first-order valence-electron chi connectivity index (χ1n) is 6.86. The van der Waals surface area contributed by atoms with Crippen molar-refractivity contribution in [3.05, 3.63) is 38.8 Å². The SMILES string of the molecule is Cc1cc(C)nc(NC(=O)c2csc3c2CCCC3)n1. The van der Waals surface area contributed by atoms with Crippen LogP contribution >= 0.6 is 11.3 Å². The number of anilines is 1. The van der Waals surface area contributed by atoms with Gasteiger partial charge in [-0.1, -0.05) is 0 Å². The van der Waals surface area contributed by atoms with E-state index in [9.17, 15) is 4.79 Å². The Morgan fingerprint density at radius 1 is 1.20 bits per heavy atom. The molecule has 0 fully saturated rings. The summed E-state index contributed by atoms with van der Waals surface area (Å²) in [5.74, 6) is 0.303. The molecule has 1 aliphatic rings. The fraction of sp³-hybridized carbons (Fsp3) is 0.400. The average Bonchev–Trinajstić information content (AvgIpc) is 2.81. The lowest BCUT2D eigenvalue weighted by Crippen LogP contribution is -2.16. The lowest BCUT2D eigenvalue weighted by molar-refractivity contribution is 0.102. The maximum Gasteiger partial charge on any atom is 0.259 e. The number of hydrogen-bond acceptors (Lipinski definition) is 4. The number of amides is 1. The van der Waals surface area contributed by atoms with E-state index in [1.54, 1.807) is 11.3 Å². The number of fused-ring (bicyclic) bond motifs is 1. The normalized spacial score (nSPS) is 13.9. The molecule has 0 saturated heterocycles. The van der Waals surface area contributed by atoms with Gasteiger partial charge in [0.1, 0.15) is 0 Å². The van der Waals surface area contributed by atoms with E-state index in [1.165, 1.54) is 23.3 Å². The van der Waals surface area contributed by atoms with Crippen LogP contribution < -0.4 is 5.32 Å². The Kier molecular flexibility index (Phi) is 3.53. The zero-order chi connectivity index (χ0) is 14.1. The van der Waals surface area contributed by atoms with Crippen molar-refractivity contribution in [2.45, 2.75) is 39.5 Å². The molecule has 0 bridgehead atoms. The Bertz CT molecular complexity index is 643. The molecule has 3 rings (SSSR count). The fourth-order valence-electron chi connectivity index (χ4n) is 2.64. The number of rotatable bonds is 2. The lowest BCUT2D eigenvalue weighted by Gasteiger charge is -2.12. The van der Waals surface area contributed by atoms with Crippen LogP contribution in [0.2, 0.25) is 0 Å². The number of aromatic nitrogens is 2. The highest BCUT2D eigenvalue weighted by molar-refractivity contribution is 7.10. The quantitative estimate of drug-likeness (QED) is 0.922. The van der Waals surface area contributed by atoms with E-state index in [0.717, 1.165) is 29.8 Å². The number of nitrogens with zero attached hydrogens (tertiary/aromatic N) is 2. The molecular formula is C15H17N3OS. The van der Waals surface area contributed by atoms with E-state index in [-0.39, 0.29) is 5.91 Å². The van der Waals surface area contributed by atoms with Crippen LogP contribution in [-0.4, -0.2) is 15.9 Å². The highest BCUT2D eigenvalue weighted by Gasteiger charge is 2.20. The number of hydrogen-bond donors (Lipinski definition) is 1. The van der Waals surface area contributed by atoms with Crippen molar-refractivity contribution >= 4 is 23.2 Å². The van der Waals surface area contributed by atoms with Crippen LogP contribution in [0.25, 0.3) is 0 Å². The van der Waals surface area contributed by atoms with E-state index >= 15 is 0 Å². The third-order valence-corrected chi connectivity index (χ3v) is 4.60. The van der Waals surface area contributed by atoms with E-state index in [1.807, 2.05) is 25.3 Å². The largest absolute Gasteiger partial charge is 0.290 e. The van der Waals surface area contributed by atoms with Gasteiger partial charge in [-0.25, -0.2) is 9.97 Å². The van der Waals surface area contributed by atoms with Gasteiger partial charge >= 0.3 is 0 Å². The summed E-state index contributed by atoms with van der Waals surface area (Å²) in [6.07, 6.45) is 4.52. The Morgan fingerprint density at radius 3 is 2.65 bits per heavy atom. The molecule has 0 radical (unpaired) electrons. The molecule has 0 saturated carbocycles. The molecule has 104 valence electrons. The molecule has 0 aliphatic heterocycles. The van der Waals surface area contributed by atoms with E-state index in [2.05, 4.69) is 15.3 Å². The molecule has 4 nitrogen and oxygen atoms in total. The molecule has 1 aliphatic carbocycles. The second-order valence-electron chi connectivity index (χ2n) is 5.19. The minimum absolute atomic E-state index is 0.0885. The molecule has 0 unspecified atom stereocenters. The van der Waals surface area contributed by atoms with Crippen LogP contribution in [0.15, 0.2) is 11.4 Å². The van der Waals surface area contributed by atoms with Gasteiger partial charge in [0.25, 0.3) is 5.91 Å². The van der Waals surface area contributed by atoms with Gasteiger partial charge in [0.15, 0.2) is 0 Å². The number of carbonyl (C=O) groups excluding carboxylic acids is 1. The summed E-state index contributed by atoms with van der Waals surface area (Å²) in [5.41, 5.74) is 3.75. The van der Waals surface area contributed by atoms with Gasteiger partial charge in [-0.3, -0.25) is 10.1 Å². The number of nitrogens with one attached hydrogen (secondary N) is 1. The summed E-state index contributed by atoms with van der Waals surface area (Å²) in [7, 11) is 0. The topological polar surface area (TPSA) is 54.9 Å². The highest BCUT2D eigenvalue weighted by atomic mass is 32.1. The first-order valence-corrected chi connectivity index (χ1v) is 7.74. The summed E-state index contributed by atoms with van der Waals surface area (Å²) in [6.45, 7) is 3.80. The predicted octanol–water partition coefficient (Wildman–Crippen LogP) is 3.29. The van der Waals surface area contributed by atoms with Gasteiger partial charge in [-0.15, -0.1) is 11.3 Å². The van der Waals surface area contributed by atoms with Gasteiger partial charge < -0.3 is 0 Å². The number of carbonyl (C=O) groups is 1. The zero-order valence-corrected chi connectivity index (χ0v) is 12.5. The second-order valence-corrected chi connectivity index (χ2v) is 6.15. The van der Waals surface area contributed by atoms with E-state index in [4.69, 9.17) is 0 Å². The monoisotopic (exact) mass is 287 g/mol. The summed E-state index contributed by atoms with van der Waals surface area (Å²) in [4.78, 5) is 22.3. The number of aryl methyl sites for hydroxylation is 3. The average molecular weight is 287 g/mol. The van der Waals surface area contributed by atoms with Crippen molar-refractivity contribution in [1.29, 1.82) is 0 Å². The van der Waals surface area contributed by atoms with Crippen molar-refractivity contribution in [1.82, 2.24) is 9.97 Å². The van der Waals surface area contributed by atoms with Crippen molar-refractivity contribution < 1.29 is 4.79 Å². The summed E-state index contributed by atoms with van der Waals surface area (Å²) in [6, 6.07) is 1.89. The summed E-state index contributed by atoms with van der Waals surface area (Å²) in [5, 5.41) is 4.79. The Morgan fingerprint density at radius 2 is 1.90 bits per heavy atom. The molecule has 2 heterocycles. The Hall–Kier alpha value is -1.75. The molecule has 0 spiro atoms. The van der Waals surface area contributed by atoms with Crippen LogP contribution in [-0.2, 0) is 12.8 Å². The van der Waals surface area contributed by atoms with Gasteiger partial charge in [-0.05, 0) is 51.2 Å². The second kappa shape index (κ2) is 5.32. The highest BCUT2D eigenvalue weighted by Crippen LogP contribution is 2.30. The Labute approximate surface area is 122 Å². The molecular weight excluding hydrogens is 270 g/mol. The zero-order valence-electron chi connectivity index (χ0n) is 11.7. The fourth-order valence-corrected chi connectivity index (χ4v) is 3.76. The third-order valence-electron chi connectivity index (χ3n) is 3.51. The molecule has 5 heteroatoms. The standard InChI is InChI=1S/C15H17N3OS/c1-9-7-10(2)17-15(16-9)18-14(19)12-8-20-13-6-4-3-5-11(12)13/h7-8H,3-6H2,1-2H3,(H,16,17,18,19). The van der Waals surface area contributed by atoms with Gasteiger partial charge in [-0.2, -0.15) is 0 Å². The molecule has 0 atom stereocenters. The van der Waals surface area contributed by atoms with Crippen molar-refractivity contribution in [2.24, 2.45) is 0 Å². The van der Waals surface area contributed by atoms with Crippen molar-refractivity contribution in [2.75, 3.05) is 5.32 Å². The maximum atomic E-state index is 12.4. The van der Waals surface area contributed by atoms with Crippen LogP contribution in [0.1, 0.15) is 45.0 Å². The van der Waals surface area contributed by atoms with Crippen LogP contribution in [0.4, 0.5) is 5.95 Å². The van der Waals surface area contributed by atoms with Gasteiger partial charge in [0, 0.05) is 21.6 Å². The maximum absolute atomic E-state index is 12.4. The van der Waals surface area contributed by atoms with E-state index < -0.39 is 0 Å². The summed E-state index contributed by atoms with van der Waals surface area (Å²) < 4.78 is 0. The minimum atomic E-state index is -0.0885.